The highest BCUT2D eigenvalue weighted by molar-refractivity contribution is 6.42. The van der Waals surface area contributed by atoms with E-state index >= 15 is 0 Å². The van der Waals surface area contributed by atoms with Gasteiger partial charge in [-0.2, -0.15) is 0 Å². The Hall–Kier alpha value is -1.10. The van der Waals surface area contributed by atoms with E-state index in [-0.39, 0.29) is 24.9 Å². The summed E-state index contributed by atoms with van der Waals surface area (Å²) in [5.41, 5.74) is -0.0903. The Morgan fingerprint density at radius 2 is 2.00 bits per heavy atom. The van der Waals surface area contributed by atoms with Gasteiger partial charge in [0.25, 0.3) is 0 Å². The summed E-state index contributed by atoms with van der Waals surface area (Å²) >= 11 is 12.0. The van der Waals surface area contributed by atoms with Gasteiger partial charge in [0, 0.05) is 0 Å². The van der Waals surface area contributed by atoms with Gasteiger partial charge in [-0.05, 0) is 25.5 Å². The number of nitrogens with one attached hydrogen (secondary N) is 1. The van der Waals surface area contributed by atoms with Gasteiger partial charge in [-0.15, -0.1) is 0 Å². The number of benzene rings is 1. The van der Waals surface area contributed by atoms with Crippen LogP contribution in [0.25, 0.3) is 0 Å². The molecule has 1 fully saturated rings. The second kappa shape index (κ2) is 5.12. The molecular formula is C13H14Cl2N2O2. The van der Waals surface area contributed by atoms with Crippen molar-refractivity contribution in [3.05, 3.63) is 33.8 Å². The van der Waals surface area contributed by atoms with Gasteiger partial charge in [-0.25, -0.2) is 0 Å². The number of nitrogens with zero attached hydrogens (tertiary/aromatic N) is 1. The number of amides is 2. The average molecular weight is 301 g/mol. The van der Waals surface area contributed by atoms with Crippen LogP contribution in [0.1, 0.15) is 19.4 Å². The highest BCUT2D eigenvalue weighted by Crippen LogP contribution is 2.27. The van der Waals surface area contributed by atoms with Crippen LogP contribution in [0.15, 0.2) is 18.2 Å². The number of carbonyl (C=O) groups excluding carboxylic acids is 2. The van der Waals surface area contributed by atoms with Crippen molar-refractivity contribution in [3.8, 4) is 0 Å². The van der Waals surface area contributed by atoms with E-state index in [1.165, 1.54) is 4.90 Å². The largest absolute Gasteiger partial charge is 0.295 e. The van der Waals surface area contributed by atoms with E-state index in [0.29, 0.717) is 15.6 Å². The van der Waals surface area contributed by atoms with Gasteiger partial charge in [-0.3, -0.25) is 19.8 Å². The molecule has 4 nitrogen and oxygen atoms in total. The molecular weight excluding hydrogens is 287 g/mol. The number of hydrogen-bond donors (Lipinski definition) is 1. The molecule has 1 heterocycles. The molecule has 102 valence electrons. The topological polar surface area (TPSA) is 49.4 Å². The average Bonchev–Trinajstić information content (AvgIpc) is 2.35. The lowest BCUT2D eigenvalue weighted by atomic mass is 10.00. The minimum Gasteiger partial charge on any atom is -0.295 e. The highest BCUT2D eigenvalue weighted by atomic mass is 35.5. The molecule has 19 heavy (non-hydrogen) atoms. The van der Waals surface area contributed by atoms with Crippen LogP contribution in [0.2, 0.25) is 10.0 Å². The van der Waals surface area contributed by atoms with Gasteiger partial charge in [0.15, 0.2) is 0 Å². The summed E-state index contributed by atoms with van der Waals surface area (Å²) in [6, 6.07) is 5.16. The summed E-state index contributed by atoms with van der Waals surface area (Å²) in [7, 11) is 0. The third-order valence-corrected chi connectivity index (χ3v) is 3.98. The first-order valence-electron chi connectivity index (χ1n) is 5.85. The molecule has 0 bridgehead atoms. The summed E-state index contributed by atoms with van der Waals surface area (Å²) in [4.78, 5) is 25.3. The number of halogens is 2. The monoisotopic (exact) mass is 300 g/mol. The fourth-order valence-corrected chi connectivity index (χ4v) is 2.30. The maximum absolute atomic E-state index is 12.2. The first kappa shape index (κ1) is 14.3. The Bertz CT molecular complexity index is 543. The van der Waals surface area contributed by atoms with Crippen LogP contribution in [0.3, 0.4) is 0 Å². The number of carbonyl (C=O) groups is 2. The molecule has 0 unspecified atom stereocenters. The Morgan fingerprint density at radius 3 is 2.68 bits per heavy atom. The molecule has 2 amide bonds. The van der Waals surface area contributed by atoms with Crippen LogP contribution in [0, 0.1) is 0 Å². The number of imide groups is 1. The minimum absolute atomic E-state index is 0.136. The van der Waals surface area contributed by atoms with Crippen molar-refractivity contribution in [2.75, 3.05) is 6.54 Å². The van der Waals surface area contributed by atoms with Gasteiger partial charge in [0.05, 0.1) is 28.7 Å². The van der Waals surface area contributed by atoms with Crippen LogP contribution >= 0.6 is 23.2 Å². The quantitative estimate of drug-likeness (QED) is 0.852. The molecule has 1 aromatic carbocycles. The molecule has 0 atom stereocenters. The molecule has 1 aliphatic heterocycles. The predicted molar refractivity (Wildman–Crippen MR) is 74.1 cm³/mol. The second-order valence-electron chi connectivity index (χ2n) is 4.98. The Balaban J connectivity index is 2.28. The van der Waals surface area contributed by atoms with Gasteiger partial charge in [-0.1, -0.05) is 35.3 Å². The van der Waals surface area contributed by atoms with Gasteiger partial charge in [0.2, 0.25) is 11.8 Å². The maximum atomic E-state index is 12.2. The number of piperazine rings is 1. The summed E-state index contributed by atoms with van der Waals surface area (Å²) in [5, 5.41) is 3.69. The lowest BCUT2D eigenvalue weighted by Gasteiger charge is -2.36. The van der Waals surface area contributed by atoms with Gasteiger partial charge < -0.3 is 0 Å². The molecule has 0 radical (unpaired) electrons. The highest BCUT2D eigenvalue weighted by Gasteiger charge is 2.39. The smallest absolute Gasteiger partial charge is 0.249 e. The number of hydrogen-bond acceptors (Lipinski definition) is 3. The lowest BCUT2D eigenvalue weighted by molar-refractivity contribution is -0.153. The lowest BCUT2D eigenvalue weighted by Crippen LogP contribution is -2.63. The van der Waals surface area contributed by atoms with E-state index in [4.69, 9.17) is 23.2 Å². The molecule has 0 aliphatic carbocycles. The summed E-state index contributed by atoms with van der Waals surface area (Å²) in [6.07, 6.45) is 0. The third kappa shape index (κ3) is 2.76. The van der Waals surface area contributed by atoms with Crippen molar-refractivity contribution in [2.45, 2.75) is 25.9 Å². The first-order valence-corrected chi connectivity index (χ1v) is 6.61. The van der Waals surface area contributed by atoms with Crippen molar-refractivity contribution in [1.82, 2.24) is 10.2 Å². The molecule has 6 heteroatoms. The Kier molecular flexibility index (Phi) is 3.85. The minimum atomic E-state index is -0.751. The van der Waals surface area contributed by atoms with Crippen molar-refractivity contribution >= 4 is 35.0 Å². The SMILES string of the molecule is CC1(C)NCC(=O)N(Cc2cccc(Cl)c2Cl)C1=O. The fourth-order valence-electron chi connectivity index (χ4n) is 1.92. The molecule has 2 rings (SSSR count). The first-order chi connectivity index (χ1) is 8.83. The van der Waals surface area contributed by atoms with E-state index < -0.39 is 5.54 Å². The molecule has 1 saturated heterocycles. The predicted octanol–water partition coefficient (Wildman–Crippen LogP) is 2.23. The molecule has 0 saturated carbocycles. The molecule has 1 aliphatic rings. The normalized spacial score (nSPS) is 18.8. The van der Waals surface area contributed by atoms with Crippen LogP contribution in [-0.2, 0) is 16.1 Å². The summed E-state index contributed by atoms with van der Waals surface area (Å²) in [6.45, 7) is 3.77. The van der Waals surface area contributed by atoms with Crippen LogP contribution in [-0.4, -0.2) is 28.8 Å². The van der Waals surface area contributed by atoms with E-state index in [9.17, 15) is 9.59 Å². The van der Waals surface area contributed by atoms with E-state index in [2.05, 4.69) is 5.32 Å². The fraction of sp³-hybridized carbons (Fsp3) is 0.385. The van der Waals surface area contributed by atoms with Gasteiger partial charge in [0.1, 0.15) is 0 Å². The Morgan fingerprint density at radius 1 is 1.32 bits per heavy atom. The summed E-state index contributed by atoms with van der Waals surface area (Å²) < 4.78 is 0. The maximum Gasteiger partial charge on any atom is 0.249 e. The van der Waals surface area contributed by atoms with Crippen LogP contribution < -0.4 is 5.32 Å². The van der Waals surface area contributed by atoms with Crippen molar-refractivity contribution in [2.24, 2.45) is 0 Å². The standard InChI is InChI=1S/C13H14Cl2N2O2/c1-13(2)12(19)17(10(18)6-16-13)7-8-4-3-5-9(14)11(8)15/h3-5,16H,6-7H2,1-2H3. The Labute approximate surface area is 121 Å². The van der Waals surface area contributed by atoms with Crippen LogP contribution in [0.4, 0.5) is 0 Å². The molecule has 0 spiro atoms. The van der Waals surface area contributed by atoms with E-state index in [0.717, 1.165) is 0 Å². The van der Waals surface area contributed by atoms with Gasteiger partial charge >= 0.3 is 0 Å². The zero-order chi connectivity index (χ0) is 14.2. The second-order valence-corrected chi connectivity index (χ2v) is 5.76. The van der Waals surface area contributed by atoms with Crippen LogP contribution in [0.5, 0.6) is 0 Å². The van der Waals surface area contributed by atoms with Crippen molar-refractivity contribution in [3.63, 3.8) is 0 Å². The van der Waals surface area contributed by atoms with Crippen molar-refractivity contribution < 1.29 is 9.59 Å². The van der Waals surface area contributed by atoms with E-state index in [1.54, 1.807) is 32.0 Å². The molecule has 0 aromatic heterocycles. The summed E-state index contributed by atoms with van der Waals surface area (Å²) in [5.74, 6) is -0.528. The molecule has 1 aromatic rings. The van der Waals surface area contributed by atoms with Crippen molar-refractivity contribution in [1.29, 1.82) is 0 Å². The molecule has 1 N–H and O–H groups in total. The zero-order valence-electron chi connectivity index (χ0n) is 10.7. The zero-order valence-corrected chi connectivity index (χ0v) is 12.2. The van der Waals surface area contributed by atoms with E-state index in [1.807, 2.05) is 0 Å². The third-order valence-electron chi connectivity index (χ3n) is 3.12. The number of rotatable bonds is 2.